The Hall–Kier alpha value is 0.480. The molecule has 62 valence electrons. The Morgan fingerprint density at radius 3 is 2.20 bits per heavy atom. The molecule has 0 rings (SSSR count). The summed E-state index contributed by atoms with van der Waals surface area (Å²) < 4.78 is 0. The number of halogens is 1. The van der Waals surface area contributed by atoms with Crippen LogP contribution in [0.15, 0.2) is 0 Å². The van der Waals surface area contributed by atoms with Crippen LogP contribution in [0.25, 0.3) is 0 Å². The topological polar surface area (TPSA) is 0 Å². The molecule has 0 saturated carbocycles. The van der Waals surface area contributed by atoms with Gasteiger partial charge in [-0.3, -0.25) is 0 Å². The molecule has 1 heteroatoms. The van der Waals surface area contributed by atoms with Gasteiger partial charge in [-0.2, -0.15) is 0 Å². The van der Waals surface area contributed by atoms with Crippen LogP contribution in [0.4, 0.5) is 0 Å². The number of alkyl halides is 1. The van der Waals surface area contributed by atoms with E-state index in [4.69, 9.17) is 0 Å². The van der Waals surface area contributed by atoms with Gasteiger partial charge in [0.05, 0.1) is 0 Å². The van der Waals surface area contributed by atoms with Crippen molar-refractivity contribution in [2.75, 3.05) is 5.33 Å². The fraction of sp³-hybridized carbons (Fsp3) is 1.00. The molecular formula is C9H19Br. The molecule has 0 bridgehead atoms. The minimum absolute atomic E-state index is 0.849. The van der Waals surface area contributed by atoms with Gasteiger partial charge >= 0.3 is 0 Å². The van der Waals surface area contributed by atoms with Gasteiger partial charge in [-0.25, -0.2) is 0 Å². The van der Waals surface area contributed by atoms with Crippen LogP contribution < -0.4 is 0 Å². The highest BCUT2D eigenvalue weighted by atomic mass is 79.9. The lowest BCUT2D eigenvalue weighted by Gasteiger charge is -2.13. The summed E-state index contributed by atoms with van der Waals surface area (Å²) in [6, 6.07) is 0. The van der Waals surface area contributed by atoms with Crippen LogP contribution in [-0.4, -0.2) is 5.33 Å². The van der Waals surface area contributed by atoms with Gasteiger partial charge in [0.15, 0.2) is 0 Å². The largest absolute Gasteiger partial charge is 0.0925 e. The van der Waals surface area contributed by atoms with Crippen LogP contribution >= 0.6 is 15.9 Å². The summed E-state index contributed by atoms with van der Waals surface area (Å²) in [5.74, 6) is 1.76. The molecule has 0 nitrogen and oxygen atoms in total. The summed E-state index contributed by atoms with van der Waals surface area (Å²) in [4.78, 5) is 0. The molecule has 0 fully saturated rings. The molecule has 0 unspecified atom stereocenters. The second kappa shape index (κ2) is 6.21. The van der Waals surface area contributed by atoms with Crippen molar-refractivity contribution >= 4 is 15.9 Å². The maximum Gasteiger partial charge on any atom is 0.00571 e. The van der Waals surface area contributed by atoms with Gasteiger partial charge in [-0.05, 0) is 18.3 Å². The molecular weight excluding hydrogens is 188 g/mol. The van der Waals surface area contributed by atoms with E-state index in [0.29, 0.717) is 0 Å². The zero-order chi connectivity index (χ0) is 7.98. The first-order valence-electron chi connectivity index (χ1n) is 4.26. The van der Waals surface area contributed by atoms with Gasteiger partial charge in [0.2, 0.25) is 0 Å². The van der Waals surface area contributed by atoms with E-state index in [1.807, 2.05) is 0 Å². The van der Waals surface area contributed by atoms with Gasteiger partial charge in [0, 0.05) is 5.33 Å². The number of rotatable bonds is 5. The van der Waals surface area contributed by atoms with Crippen molar-refractivity contribution in [2.24, 2.45) is 11.8 Å². The zero-order valence-corrected chi connectivity index (χ0v) is 8.95. The molecule has 10 heavy (non-hydrogen) atoms. The highest BCUT2D eigenvalue weighted by Crippen LogP contribution is 2.17. The van der Waals surface area contributed by atoms with Crippen molar-refractivity contribution in [1.29, 1.82) is 0 Å². The third-order valence-corrected chi connectivity index (χ3v) is 2.95. The number of hydrogen-bond acceptors (Lipinski definition) is 0. The molecule has 0 aromatic rings. The Labute approximate surface area is 73.5 Å². The average molecular weight is 207 g/mol. The highest BCUT2D eigenvalue weighted by molar-refractivity contribution is 9.09. The molecule has 0 N–H and O–H groups in total. The van der Waals surface area contributed by atoms with E-state index in [2.05, 4.69) is 36.7 Å². The van der Waals surface area contributed by atoms with Gasteiger partial charge < -0.3 is 0 Å². The Kier molecular flexibility index (Phi) is 6.50. The quantitative estimate of drug-likeness (QED) is 0.601. The molecule has 0 aliphatic carbocycles. The van der Waals surface area contributed by atoms with Crippen molar-refractivity contribution < 1.29 is 0 Å². The second-order valence-corrected chi connectivity index (χ2v) is 4.04. The zero-order valence-electron chi connectivity index (χ0n) is 7.36. The van der Waals surface area contributed by atoms with Crippen LogP contribution in [0.3, 0.4) is 0 Å². The van der Waals surface area contributed by atoms with E-state index in [9.17, 15) is 0 Å². The standard InChI is InChI=1S/C9H19Br/c1-4-5-8(2)6-9(3)7-10/h8-9H,4-7H2,1-3H3/t8-,9+/m1/s1. The maximum atomic E-state index is 3.49. The third-order valence-electron chi connectivity index (χ3n) is 1.85. The van der Waals surface area contributed by atoms with Crippen LogP contribution in [0.5, 0.6) is 0 Å². The smallest absolute Gasteiger partial charge is 0.00571 e. The van der Waals surface area contributed by atoms with Crippen LogP contribution in [0, 0.1) is 11.8 Å². The predicted molar refractivity (Wildman–Crippen MR) is 51.6 cm³/mol. The summed E-state index contributed by atoms with van der Waals surface area (Å²) in [6.45, 7) is 6.92. The van der Waals surface area contributed by atoms with E-state index >= 15 is 0 Å². The SMILES string of the molecule is CCC[C@@H](C)C[C@H](C)CBr. The van der Waals surface area contributed by atoms with E-state index in [0.717, 1.165) is 17.2 Å². The van der Waals surface area contributed by atoms with Crippen molar-refractivity contribution in [3.63, 3.8) is 0 Å². The molecule has 0 saturated heterocycles. The Morgan fingerprint density at radius 1 is 1.20 bits per heavy atom. The van der Waals surface area contributed by atoms with E-state index in [1.165, 1.54) is 19.3 Å². The van der Waals surface area contributed by atoms with Gasteiger partial charge in [0.25, 0.3) is 0 Å². The van der Waals surface area contributed by atoms with E-state index < -0.39 is 0 Å². The molecule has 0 aliphatic rings. The third kappa shape index (κ3) is 5.28. The van der Waals surface area contributed by atoms with Crippen LogP contribution in [-0.2, 0) is 0 Å². The lowest BCUT2D eigenvalue weighted by molar-refractivity contribution is 0.417. The molecule has 0 amide bonds. The highest BCUT2D eigenvalue weighted by Gasteiger charge is 2.05. The van der Waals surface area contributed by atoms with E-state index in [-0.39, 0.29) is 0 Å². The summed E-state index contributed by atoms with van der Waals surface area (Å²) in [7, 11) is 0. The second-order valence-electron chi connectivity index (χ2n) is 3.39. The lowest BCUT2D eigenvalue weighted by Crippen LogP contribution is -2.03. The Bertz CT molecular complexity index is 71.1. The van der Waals surface area contributed by atoms with Crippen molar-refractivity contribution in [3.05, 3.63) is 0 Å². The summed E-state index contributed by atoms with van der Waals surface area (Å²) >= 11 is 3.49. The van der Waals surface area contributed by atoms with Crippen molar-refractivity contribution in [1.82, 2.24) is 0 Å². The number of hydrogen-bond donors (Lipinski definition) is 0. The summed E-state index contributed by atoms with van der Waals surface area (Å²) in [5.41, 5.74) is 0. The van der Waals surface area contributed by atoms with Gasteiger partial charge in [0.1, 0.15) is 0 Å². The van der Waals surface area contributed by atoms with Gasteiger partial charge in [-0.1, -0.05) is 49.5 Å². The first-order chi connectivity index (χ1) is 4.70. The van der Waals surface area contributed by atoms with Crippen molar-refractivity contribution in [3.8, 4) is 0 Å². The monoisotopic (exact) mass is 206 g/mol. The first-order valence-corrected chi connectivity index (χ1v) is 5.38. The fourth-order valence-corrected chi connectivity index (χ4v) is 1.62. The first kappa shape index (κ1) is 10.5. The molecule has 0 aromatic heterocycles. The molecule has 0 radical (unpaired) electrons. The maximum absolute atomic E-state index is 3.49. The van der Waals surface area contributed by atoms with Crippen LogP contribution in [0.2, 0.25) is 0 Å². The predicted octanol–water partition coefficient (Wildman–Crippen LogP) is 3.84. The van der Waals surface area contributed by atoms with Gasteiger partial charge in [-0.15, -0.1) is 0 Å². The van der Waals surface area contributed by atoms with E-state index in [1.54, 1.807) is 0 Å². The normalized spacial score (nSPS) is 16.8. The average Bonchev–Trinajstić information content (AvgIpc) is 1.88. The summed E-state index contributed by atoms with van der Waals surface area (Å²) in [6.07, 6.45) is 4.09. The molecule has 0 aliphatic heterocycles. The molecule has 0 heterocycles. The van der Waals surface area contributed by atoms with Crippen LogP contribution in [0.1, 0.15) is 40.0 Å². The lowest BCUT2D eigenvalue weighted by atomic mass is 9.95. The Balaban J connectivity index is 3.27. The minimum atomic E-state index is 0.849. The molecule has 0 spiro atoms. The molecule has 2 atom stereocenters. The summed E-state index contributed by atoms with van der Waals surface area (Å²) in [5, 5.41) is 1.15. The molecule has 0 aromatic carbocycles. The minimum Gasteiger partial charge on any atom is -0.0925 e. The van der Waals surface area contributed by atoms with Crippen molar-refractivity contribution in [2.45, 2.75) is 40.0 Å². The fourth-order valence-electron chi connectivity index (χ4n) is 1.36. The Morgan fingerprint density at radius 2 is 1.80 bits per heavy atom.